The third-order valence-electron chi connectivity index (χ3n) is 7.72. The predicted octanol–water partition coefficient (Wildman–Crippen LogP) is 1.43. The van der Waals surface area contributed by atoms with Crippen molar-refractivity contribution < 1.29 is 38.9 Å². The number of amides is 3. The van der Waals surface area contributed by atoms with Gasteiger partial charge in [0.2, 0.25) is 24.5 Å². The topological polar surface area (TPSA) is 137 Å². The van der Waals surface area contributed by atoms with Crippen LogP contribution in [0.4, 0.5) is 0 Å². The van der Waals surface area contributed by atoms with Gasteiger partial charge in [0.25, 0.3) is 0 Å². The number of rotatable bonds is 13. The molecule has 0 spiro atoms. The van der Waals surface area contributed by atoms with Gasteiger partial charge in [-0.15, -0.1) is 0 Å². The Hall–Kier alpha value is -3.18. The summed E-state index contributed by atoms with van der Waals surface area (Å²) in [5, 5.41) is 19.6. The zero-order valence-corrected chi connectivity index (χ0v) is 21.8. The summed E-state index contributed by atoms with van der Waals surface area (Å²) in [4.78, 5) is 55.3. The zero-order valence-electron chi connectivity index (χ0n) is 21.8. The lowest BCUT2D eigenvalue weighted by Gasteiger charge is -2.30. The molecule has 2 fully saturated rings. The molecule has 0 aromatic heterocycles. The van der Waals surface area contributed by atoms with Crippen LogP contribution in [0.5, 0.6) is 11.5 Å². The highest BCUT2D eigenvalue weighted by Crippen LogP contribution is 2.42. The fraction of sp³-hybridized carbons (Fsp3) is 0.630. The van der Waals surface area contributed by atoms with Crippen LogP contribution in [0, 0.1) is 5.92 Å². The lowest BCUT2D eigenvalue weighted by Crippen LogP contribution is -2.46. The van der Waals surface area contributed by atoms with Crippen molar-refractivity contribution >= 4 is 23.7 Å². The minimum atomic E-state index is -0.991. The van der Waals surface area contributed by atoms with E-state index in [9.17, 15) is 29.4 Å². The highest BCUT2D eigenvalue weighted by molar-refractivity contribution is 6.01. The highest BCUT2D eigenvalue weighted by atomic mass is 16.7. The number of unbranched alkanes of at least 4 members (excludes halogenated alkanes) is 1. The van der Waals surface area contributed by atoms with Crippen molar-refractivity contribution in [1.82, 2.24) is 14.7 Å². The molecule has 3 aliphatic heterocycles. The summed E-state index contributed by atoms with van der Waals surface area (Å²) in [6.45, 7) is 3.59. The maximum absolute atomic E-state index is 13.4. The molecular formula is C27H37N3O8. The van der Waals surface area contributed by atoms with E-state index >= 15 is 0 Å². The molecule has 3 aliphatic rings. The van der Waals surface area contributed by atoms with Gasteiger partial charge in [0.05, 0.1) is 12.5 Å². The van der Waals surface area contributed by atoms with Gasteiger partial charge < -0.3 is 24.6 Å². The maximum Gasteiger partial charge on any atom is 0.308 e. The summed E-state index contributed by atoms with van der Waals surface area (Å²) in [6.07, 6.45) is 2.82. The van der Waals surface area contributed by atoms with Crippen LogP contribution in [0.25, 0.3) is 0 Å². The number of hydrogen-bond acceptors (Lipinski definition) is 8. The predicted molar refractivity (Wildman–Crippen MR) is 136 cm³/mol. The number of likely N-dealkylation sites (tertiary alicyclic amines) is 2. The number of ether oxygens (including phenoxy) is 2. The minimum Gasteiger partial charge on any atom is -0.481 e. The monoisotopic (exact) mass is 531 g/mol. The number of nitrogens with zero attached hydrogens (tertiary/aromatic N) is 3. The van der Waals surface area contributed by atoms with Gasteiger partial charge in [-0.05, 0) is 37.0 Å². The van der Waals surface area contributed by atoms with Gasteiger partial charge in [0.15, 0.2) is 11.5 Å². The first-order valence-corrected chi connectivity index (χ1v) is 13.4. The number of imide groups is 1. The van der Waals surface area contributed by atoms with Gasteiger partial charge in [-0.2, -0.15) is 0 Å². The van der Waals surface area contributed by atoms with Crippen LogP contribution in [-0.2, 0) is 19.2 Å². The third-order valence-corrected chi connectivity index (χ3v) is 7.72. The fourth-order valence-electron chi connectivity index (χ4n) is 5.71. The van der Waals surface area contributed by atoms with Crippen LogP contribution in [-0.4, -0.2) is 101 Å². The SMILES string of the molecule is CCCCN(CCCO)C(=O)CN1C[C@H](c2ccc3c(c2)OCO3)[C@H](C(=O)O)[C@H]1CCN1C(=O)CCC1=O. The number of carboxylic acids is 1. The van der Waals surface area contributed by atoms with Crippen molar-refractivity contribution in [3.8, 4) is 11.5 Å². The quantitative estimate of drug-likeness (QED) is 0.362. The van der Waals surface area contributed by atoms with Crippen LogP contribution in [0.1, 0.15) is 56.9 Å². The number of benzene rings is 1. The molecule has 38 heavy (non-hydrogen) atoms. The second-order valence-electron chi connectivity index (χ2n) is 10.1. The Balaban J connectivity index is 1.59. The number of hydrogen-bond donors (Lipinski definition) is 2. The van der Waals surface area contributed by atoms with Gasteiger partial charge in [0.1, 0.15) is 0 Å². The van der Waals surface area contributed by atoms with Gasteiger partial charge in [-0.25, -0.2) is 0 Å². The first-order chi connectivity index (χ1) is 18.3. The normalized spacial score (nSPS) is 22.9. The molecular weight excluding hydrogens is 494 g/mol. The van der Waals surface area contributed by atoms with E-state index < -0.39 is 23.8 Å². The summed E-state index contributed by atoms with van der Waals surface area (Å²) in [7, 11) is 0. The number of carbonyl (C=O) groups excluding carboxylic acids is 3. The van der Waals surface area contributed by atoms with Crippen molar-refractivity contribution in [3.63, 3.8) is 0 Å². The van der Waals surface area contributed by atoms with E-state index in [2.05, 4.69) is 0 Å². The number of carbonyl (C=O) groups is 4. The van der Waals surface area contributed by atoms with Gasteiger partial charge in [0, 0.05) is 57.6 Å². The number of aliphatic hydroxyl groups excluding tert-OH is 1. The molecule has 0 aliphatic carbocycles. The van der Waals surface area contributed by atoms with Crippen molar-refractivity contribution in [2.75, 3.05) is 46.1 Å². The summed E-state index contributed by atoms with van der Waals surface area (Å²) in [5.41, 5.74) is 0.776. The summed E-state index contributed by atoms with van der Waals surface area (Å²) < 4.78 is 10.9. The van der Waals surface area contributed by atoms with Crippen molar-refractivity contribution in [3.05, 3.63) is 23.8 Å². The van der Waals surface area contributed by atoms with Gasteiger partial charge >= 0.3 is 5.97 Å². The van der Waals surface area contributed by atoms with E-state index in [1.165, 1.54) is 4.90 Å². The van der Waals surface area contributed by atoms with Crippen LogP contribution < -0.4 is 9.47 Å². The Kier molecular flexibility index (Phi) is 9.22. The average Bonchev–Trinajstić information content (AvgIpc) is 3.59. The molecule has 4 rings (SSSR count). The van der Waals surface area contributed by atoms with Gasteiger partial charge in [-0.1, -0.05) is 19.4 Å². The molecule has 208 valence electrons. The smallest absolute Gasteiger partial charge is 0.308 e. The summed E-state index contributed by atoms with van der Waals surface area (Å²) in [6, 6.07) is 4.84. The second-order valence-corrected chi connectivity index (χ2v) is 10.1. The lowest BCUT2D eigenvalue weighted by molar-refractivity contribution is -0.144. The van der Waals surface area contributed by atoms with E-state index in [-0.39, 0.29) is 63.5 Å². The van der Waals surface area contributed by atoms with E-state index in [1.54, 1.807) is 17.0 Å². The number of carboxylic acid groups (broad SMARTS) is 1. The molecule has 0 unspecified atom stereocenters. The van der Waals surface area contributed by atoms with Crippen LogP contribution in [0.15, 0.2) is 18.2 Å². The zero-order chi connectivity index (χ0) is 27.2. The lowest BCUT2D eigenvalue weighted by atomic mass is 9.84. The molecule has 1 aromatic rings. The Morgan fingerprint density at radius 1 is 1.08 bits per heavy atom. The fourth-order valence-corrected chi connectivity index (χ4v) is 5.71. The van der Waals surface area contributed by atoms with E-state index in [4.69, 9.17) is 9.47 Å². The molecule has 11 heteroatoms. The molecule has 2 N–H and O–H groups in total. The van der Waals surface area contributed by atoms with E-state index in [1.807, 2.05) is 17.9 Å². The first-order valence-electron chi connectivity index (χ1n) is 13.4. The largest absolute Gasteiger partial charge is 0.481 e. The minimum absolute atomic E-state index is 0.0204. The number of fused-ring (bicyclic) bond motifs is 1. The first kappa shape index (κ1) is 27.8. The van der Waals surface area contributed by atoms with E-state index in [0.29, 0.717) is 37.6 Å². The Morgan fingerprint density at radius 3 is 2.47 bits per heavy atom. The molecule has 3 atom stereocenters. The Labute approximate surface area is 222 Å². The van der Waals surface area contributed by atoms with Crippen molar-refractivity contribution in [2.24, 2.45) is 5.92 Å². The molecule has 3 heterocycles. The molecule has 0 radical (unpaired) electrons. The summed E-state index contributed by atoms with van der Waals surface area (Å²) >= 11 is 0. The van der Waals surface area contributed by atoms with Crippen LogP contribution in [0.3, 0.4) is 0 Å². The third kappa shape index (κ3) is 6.10. The molecule has 2 saturated heterocycles. The molecule has 1 aromatic carbocycles. The summed E-state index contributed by atoms with van der Waals surface area (Å²) in [5.74, 6) is -1.72. The van der Waals surface area contributed by atoms with Crippen LogP contribution in [0.2, 0.25) is 0 Å². The Morgan fingerprint density at radius 2 is 1.79 bits per heavy atom. The van der Waals surface area contributed by atoms with Crippen molar-refractivity contribution in [2.45, 2.75) is 57.4 Å². The number of aliphatic hydroxyl groups is 1. The van der Waals surface area contributed by atoms with E-state index in [0.717, 1.165) is 18.4 Å². The van der Waals surface area contributed by atoms with Gasteiger partial charge in [-0.3, -0.25) is 29.0 Å². The second kappa shape index (κ2) is 12.6. The molecule has 0 bridgehead atoms. The number of aliphatic carboxylic acids is 1. The molecule has 0 saturated carbocycles. The molecule has 3 amide bonds. The Bertz CT molecular complexity index is 1020. The van der Waals surface area contributed by atoms with Crippen molar-refractivity contribution in [1.29, 1.82) is 0 Å². The average molecular weight is 532 g/mol. The standard InChI is InChI=1S/C27H37N3O8/c1-2-3-10-28(11-4-13-31)25(34)16-29-15-19(18-5-6-21-22(14-18)38-17-37-21)26(27(35)36)20(29)9-12-30-23(32)7-8-24(30)33/h5-6,14,19-20,26,31H,2-4,7-13,15-17H2,1H3,(H,35,36)/t19-,20-,26+/m1/s1. The maximum atomic E-state index is 13.4. The highest BCUT2D eigenvalue weighted by Gasteiger charge is 2.48. The van der Waals surface area contributed by atoms with Crippen LogP contribution >= 0.6 is 0 Å². The molecule has 11 nitrogen and oxygen atoms in total.